The highest BCUT2D eigenvalue weighted by molar-refractivity contribution is 7.63. The minimum atomic E-state index is -4.51. The number of hydrogen-bond donors (Lipinski definition) is 3. The van der Waals surface area contributed by atoms with Crippen molar-refractivity contribution in [1.29, 1.82) is 0 Å². The molecule has 0 aliphatic carbocycles. The Balaban J connectivity index is 2.89. The average molecular weight is 572 g/mol. The molecule has 35 heavy (non-hydrogen) atoms. The molecule has 21 heteroatoms. The molecule has 1 heterocycles. The third-order valence-corrected chi connectivity index (χ3v) is 7.71. The van der Waals surface area contributed by atoms with Gasteiger partial charge in [0, 0.05) is 18.2 Å². The molecular weight excluding hydrogens is 545 g/mol. The molecule has 1 aromatic heterocycles. The summed E-state index contributed by atoms with van der Waals surface area (Å²) >= 11 is 0. The largest absolute Gasteiger partial charge is 0.536 e. The Morgan fingerprint density at radius 1 is 1.03 bits per heavy atom. The monoisotopic (exact) mass is 572 g/mol. The second-order valence-electron chi connectivity index (χ2n) is 5.91. The molecule has 5 atom stereocenters. The number of rotatable bonds is 19. The third-order valence-electron chi connectivity index (χ3n) is 3.75. The van der Waals surface area contributed by atoms with Crippen molar-refractivity contribution in [3.63, 3.8) is 0 Å². The second-order valence-corrected chi connectivity index (χ2v) is 9.86. The Hall–Kier alpha value is -0.750. The molecule has 0 aliphatic heterocycles. The van der Waals surface area contributed by atoms with Gasteiger partial charge >= 0.3 is 30.7 Å². The summed E-state index contributed by atoms with van der Waals surface area (Å²) < 4.78 is 47.1. The number of phosphoric acid groups is 1. The van der Waals surface area contributed by atoms with E-state index in [1.165, 1.54) is 0 Å². The van der Waals surface area contributed by atoms with Crippen molar-refractivity contribution < 1.29 is 66.2 Å². The highest BCUT2D eigenvalue weighted by Crippen LogP contribution is 2.66. The number of hydrogen-bond acceptors (Lipinski definition) is 16. The predicted molar refractivity (Wildman–Crippen MR) is 114 cm³/mol. The summed E-state index contributed by atoms with van der Waals surface area (Å²) in [6.07, 6.45) is -1.96. The topological polar surface area (TPSA) is 214 Å². The van der Waals surface area contributed by atoms with Crippen LogP contribution in [0.15, 0.2) is 21.9 Å². The predicted octanol–water partition coefficient (Wildman–Crippen LogP) is 1.34. The average Bonchev–Trinajstić information content (AvgIpc) is 2.79. The van der Waals surface area contributed by atoms with Crippen LogP contribution in [0.3, 0.4) is 0 Å². The standard InChI is InChI=1S/C14H27N2O16P3/c1-6-10(12(18)13(19)16-8-7-11(17)15-14(16)20)9-26-33(27-22-2)31-34(28-23-3)32-35(21,29-24-4)30-25-5/h7-8,10,12-13,18-19H,6,9H2,1-5H3,(H,15,17,20). The Kier molecular flexibility index (Phi) is 15.6. The molecule has 204 valence electrons. The van der Waals surface area contributed by atoms with Gasteiger partial charge in [0.1, 0.15) is 6.10 Å². The van der Waals surface area contributed by atoms with Gasteiger partial charge in [-0.25, -0.2) is 37.5 Å². The molecular formula is C14H27N2O16P3. The van der Waals surface area contributed by atoms with Gasteiger partial charge in [0.15, 0.2) is 6.23 Å². The molecule has 1 aromatic rings. The number of H-pyrrole nitrogens is 1. The van der Waals surface area contributed by atoms with E-state index >= 15 is 0 Å². The van der Waals surface area contributed by atoms with E-state index in [1.807, 2.05) is 4.98 Å². The van der Waals surface area contributed by atoms with Crippen LogP contribution in [0.1, 0.15) is 19.6 Å². The van der Waals surface area contributed by atoms with Crippen LogP contribution in [0, 0.1) is 5.92 Å². The summed E-state index contributed by atoms with van der Waals surface area (Å²) in [5.41, 5.74) is -1.59. The van der Waals surface area contributed by atoms with Crippen LogP contribution in [-0.4, -0.2) is 60.9 Å². The lowest BCUT2D eigenvalue weighted by atomic mass is 9.99. The zero-order valence-corrected chi connectivity index (χ0v) is 21.9. The molecule has 1 rings (SSSR count). The van der Waals surface area contributed by atoms with E-state index in [9.17, 15) is 24.4 Å². The minimum absolute atomic E-state index is 0.255. The molecule has 0 aliphatic rings. The van der Waals surface area contributed by atoms with E-state index < -0.39 is 54.5 Å². The molecule has 0 bridgehead atoms. The molecule has 0 amide bonds. The number of aliphatic hydroxyl groups excluding tert-OH is 2. The van der Waals surface area contributed by atoms with E-state index in [-0.39, 0.29) is 13.0 Å². The van der Waals surface area contributed by atoms with Crippen molar-refractivity contribution in [1.82, 2.24) is 9.55 Å². The van der Waals surface area contributed by atoms with Crippen molar-refractivity contribution in [2.24, 2.45) is 5.92 Å². The number of nitrogens with zero attached hydrogens (tertiary/aromatic N) is 1. The normalized spacial score (nSPS) is 16.5. The van der Waals surface area contributed by atoms with E-state index in [0.29, 0.717) is 0 Å². The molecule has 0 fully saturated rings. The van der Waals surface area contributed by atoms with Crippen molar-refractivity contribution in [3.05, 3.63) is 33.1 Å². The van der Waals surface area contributed by atoms with E-state index in [2.05, 4.69) is 28.9 Å². The van der Waals surface area contributed by atoms with Crippen LogP contribution in [0.2, 0.25) is 0 Å². The Labute approximate surface area is 201 Å². The van der Waals surface area contributed by atoms with Gasteiger partial charge in [-0.05, 0) is 6.42 Å². The van der Waals surface area contributed by atoms with Gasteiger partial charge in [0.2, 0.25) is 0 Å². The van der Waals surface area contributed by atoms with E-state index in [1.54, 1.807) is 6.92 Å². The summed E-state index contributed by atoms with van der Waals surface area (Å²) in [7, 11) is -5.45. The van der Waals surface area contributed by atoms with Crippen LogP contribution >= 0.6 is 25.0 Å². The SMILES string of the molecule is CCC(COP(OOC)OP(OOC)OP(=O)(OOC)OOC)C(O)C(O)n1ccc(=O)[nH]c1=O. The highest BCUT2D eigenvalue weighted by atomic mass is 31.3. The summed E-state index contributed by atoms with van der Waals surface area (Å²) in [6, 6.07) is 1.01. The van der Waals surface area contributed by atoms with Gasteiger partial charge in [-0.15, -0.1) is 9.35 Å². The number of aromatic amines is 1. The lowest BCUT2D eigenvalue weighted by Gasteiger charge is -2.27. The van der Waals surface area contributed by atoms with Gasteiger partial charge in [0.25, 0.3) is 5.56 Å². The first kappa shape index (κ1) is 32.3. The lowest BCUT2D eigenvalue weighted by Crippen LogP contribution is -2.40. The minimum Gasteiger partial charge on any atom is -0.388 e. The van der Waals surface area contributed by atoms with Crippen LogP contribution in [-0.2, 0) is 56.0 Å². The second kappa shape index (κ2) is 16.9. The van der Waals surface area contributed by atoms with Gasteiger partial charge < -0.3 is 14.7 Å². The maximum atomic E-state index is 12.4. The molecule has 18 nitrogen and oxygen atoms in total. The fraction of sp³-hybridized carbons (Fsp3) is 0.714. The van der Waals surface area contributed by atoms with Gasteiger partial charge in [-0.1, -0.05) is 6.92 Å². The Morgan fingerprint density at radius 2 is 1.63 bits per heavy atom. The van der Waals surface area contributed by atoms with Crippen molar-refractivity contribution >= 4 is 25.0 Å². The fourth-order valence-electron chi connectivity index (χ4n) is 2.24. The molecule has 0 spiro atoms. The van der Waals surface area contributed by atoms with Gasteiger partial charge in [0.05, 0.1) is 35.0 Å². The fourth-order valence-corrected chi connectivity index (χ4v) is 5.44. The maximum absolute atomic E-state index is 12.4. The number of aliphatic hydroxyl groups is 2. The number of nitrogens with one attached hydrogen (secondary N) is 1. The Bertz CT molecular complexity index is 876. The van der Waals surface area contributed by atoms with Crippen molar-refractivity contribution in [2.75, 3.05) is 35.0 Å². The highest BCUT2D eigenvalue weighted by Gasteiger charge is 2.39. The quantitative estimate of drug-likeness (QED) is 0.121. The molecule has 0 saturated carbocycles. The first-order chi connectivity index (χ1) is 16.6. The molecule has 3 N–H and O–H groups in total. The lowest BCUT2D eigenvalue weighted by molar-refractivity contribution is -0.256. The first-order valence-electron chi connectivity index (χ1n) is 9.39. The summed E-state index contributed by atoms with van der Waals surface area (Å²) in [5.74, 6) is -0.784. The van der Waals surface area contributed by atoms with Crippen molar-refractivity contribution in [3.8, 4) is 0 Å². The smallest absolute Gasteiger partial charge is 0.388 e. The molecule has 0 aromatic carbocycles. The van der Waals surface area contributed by atoms with Crippen LogP contribution in [0.4, 0.5) is 0 Å². The molecule has 5 unspecified atom stereocenters. The van der Waals surface area contributed by atoms with Crippen molar-refractivity contribution in [2.45, 2.75) is 25.7 Å². The first-order valence-corrected chi connectivity index (χ1v) is 13.0. The van der Waals surface area contributed by atoms with Crippen LogP contribution in [0.25, 0.3) is 0 Å². The molecule has 0 radical (unpaired) electrons. The van der Waals surface area contributed by atoms with E-state index in [0.717, 1.165) is 45.3 Å². The third kappa shape index (κ3) is 11.0. The Morgan fingerprint density at radius 3 is 2.14 bits per heavy atom. The summed E-state index contributed by atoms with van der Waals surface area (Å²) in [4.78, 5) is 42.6. The zero-order chi connectivity index (χ0) is 26.4. The molecule has 0 saturated heterocycles. The van der Waals surface area contributed by atoms with Gasteiger partial charge in [-0.3, -0.25) is 14.3 Å². The van der Waals surface area contributed by atoms with Crippen LogP contribution < -0.4 is 11.2 Å². The van der Waals surface area contributed by atoms with Crippen LogP contribution in [0.5, 0.6) is 0 Å². The number of aromatic nitrogens is 2. The van der Waals surface area contributed by atoms with Gasteiger partial charge in [-0.2, -0.15) is 9.35 Å². The zero-order valence-electron chi connectivity index (χ0n) is 19.2. The summed E-state index contributed by atoms with van der Waals surface area (Å²) in [5, 5.41) is 20.9. The summed E-state index contributed by atoms with van der Waals surface area (Å²) in [6.45, 7) is 1.36. The maximum Gasteiger partial charge on any atom is 0.536 e. The van der Waals surface area contributed by atoms with E-state index in [4.69, 9.17) is 22.5 Å².